The molecule has 4 nitrogen and oxygen atoms in total. The van der Waals surface area contributed by atoms with Crippen LogP contribution in [-0.2, 0) is 0 Å². The van der Waals surface area contributed by atoms with Crippen LogP contribution in [0, 0.1) is 6.20 Å². The largest absolute Gasteiger partial charge is 0.443 e. The maximum Gasteiger partial charge on any atom is 0.246 e. The summed E-state index contributed by atoms with van der Waals surface area (Å²) in [5.41, 5.74) is 0.619. The van der Waals surface area contributed by atoms with Gasteiger partial charge in [0.2, 0.25) is 5.89 Å². The Morgan fingerprint density at radius 2 is 2.45 bits per heavy atom. The smallest absolute Gasteiger partial charge is 0.246 e. The lowest BCUT2D eigenvalue weighted by atomic mass is 10.4. The minimum Gasteiger partial charge on any atom is -0.443 e. The third-order valence-electron chi connectivity index (χ3n) is 1.18. The van der Waals surface area contributed by atoms with Crippen molar-refractivity contribution in [3.8, 4) is 11.6 Å². The average Bonchev–Trinajstić information content (AvgIpc) is 2.58. The Bertz CT molecular complexity index is 317. The molecule has 2 aromatic rings. The van der Waals surface area contributed by atoms with Crippen molar-refractivity contribution in [2.75, 3.05) is 0 Å². The predicted molar refractivity (Wildman–Crippen MR) is 36.4 cm³/mol. The molecule has 1 radical (unpaired) electrons. The third-order valence-corrected chi connectivity index (χ3v) is 1.18. The second-order valence-corrected chi connectivity index (χ2v) is 1.88. The molecule has 2 aromatic heterocycles. The maximum atomic E-state index is 4.99. The molecule has 0 N–H and O–H groups in total. The number of rotatable bonds is 1. The normalized spacial score (nSPS) is 9.82. The molecular formula is C7H4N3O. The van der Waals surface area contributed by atoms with Gasteiger partial charge in [0.05, 0.1) is 6.20 Å². The highest BCUT2D eigenvalue weighted by Gasteiger charge is 2.01. The van der Waals surface area contributed by atoms with Gasteiger partial charge in [-0.25, -0.2) is 4.98 Å². The molecule has 0 saturated heterocycles. The second kappa shape index (κ2) is 2.49. The first-order chi connectivity index (χ1) is 5.47. The molecule has 0 aliphatic rings. The number of hydrogen-bond donors (Lipinski definition) is 0. The molecular weight excluding hydrogens is 142 g/mol. The van der Waals surface area contributed by atoms with Crippen molar-refractivity contribution in [3.05, 3.63) is 30.8 Å². The zero-order valence-corrected chi connectivity index (χ0v) is 5.56. The van der Waals surface area contributed by atoms with Crippen LogP contribution in [0.15, 0.2) is 29.0 Å². The molecule has 0 aliphatic carbocycles. The molecule has 53 valence electrons. The summed E-state index contributed by atoms with van der Waals surface area (Å²) in [6.45, 7) is 0. The number of nitrogens with zero attached hydrogens (tertiary/aromatic N) is 3. The molecule has 0 saturated carbocycles. The minimum atomic E-state index is 0.478. The summed E-state index contributed by atoms with van der Waals surface area (Å²) in [7, 11) is 0. The number of aromatic nitrogens is 3. The summed E-state index contributed by atoms with van der Waals surface area (Å²) in [6.07, 6.45) is 5.62. The highest BCUT2D eigenvalue weighted by molar-refractivity contribution is 5.44. The van der Waals surface area contributed by atoms with Crippen molar-refractivity contribution >= 4 is 0 Å². The lowest BCUT2D eigenvalue weighted by molar-refractivity contribution is 0.570. The summed E-state index contributed by atoms with van der Waals surface area (Å²) in [5.74, 6) is 0.478. The van der Waals surface area contributed by atoms with E-state index in [9.17, 15) is 0 Å². The van der Waals surface area contributed by atoms with E-state index in [4.69, 9.17) is 4.42 Å². The van der Waals surface area contributed by atoms with Gasteiger partial charge in [0.1, 0.15) is 18.2 Å². The van der Waals surface area contributed by atoms with E-state index in [2.05, 4.69) is 21.4 Å². The average molecular weight is 146 g/mol. The molecule has 2 heterocycles. The van der Waals surface area contributed by atoms with E-state index in [1.165, 1.54) is 6.26 Å². The molecule has 0 unspecified atom stereocenters. The Hall–Kier alpha value is -1.71. The molecule has 0 amide bonds. The molecule has 11 heavy (non-hydrogen) atoms. The van der Waals surface area contributed by atoms with Crippen molar-refractivity contribution in [2.24, 2.45) is 0 Å². The molecule has 4 heteroatoms. The molecule has 0 atom stereocenters. The predicted octanol–water partition coefficient (Wildman–Crippen LogP) is 0.932. The lowest BCUT2D eigenvalue weighted by Crippen LogP contribution is -1.84. The monoisotopic (exact) mass is 146 g/mol. The van der Waals surface area contributed by atoms with Crippen molar-refractivity contribution < 1.29 is 4.42 Å². The van der Waals surface area contributed by atoms with Crippen LogP contribution < -0.4 is 0 Å². The van der Waals surface area contributed by atoms with Gasteiger partial charge in [-0.15, -0.1) is 10.2 Å². The van der Waals surface area contributed by atoms with E-state index >= 15 is 0 Å². The van der Waals surface area contributed by atoms with E-state index in [0.717, 1.165) is 0 Å². The molecule has 0 aliphatic heterocycles. The van der Waals surface area contributed by atoms with Gasteiger partial charge < -0.3 is 4.42 Å². The standard InChI is InChI=1S/C7H4N3O/c1-2-6(10-9-3-1)7-8-4-5-11-7/h1-2,4-5H. The van der Waals surface area contributed by atoms with Crippen molar-refractivity contribution in [2.45, 2.75) is 0 Å². The van der Waals surface area contributed by atoms with E-state index in [-0.39, 0.29) is 0 Å². The van der Waals surface area contributed by atoms with Crippen molar-refractivity contribution in [1.82, 2.24) is 15.2 Å². The highest BCUT2D eigenvalue weighted by Crippen LogP contribution is 2.10. The van der Waals surface area contributed by atoms with Gasteiger partial charge in [-0.3, -0.25) is 0 Å². The van der Waals surface area contributed by atoms with Crippen molar-refractivity contribution in [1.29, 1.82) is 0 Å². The van der Waals surface area contributed by atoms with E-state index < -0.39 is 0 Å². The SMILES string of the molecule is [c]1ccc(-c2ncco2)nn1. The van der Waals surface area contributed by atoms with Crippen LogP contribution in [0.5, 0.6) is 0 Å². The molecule has 0 fully saturated rings. The van der Waals surface area contributed by atoms with E-state index in [1.54, 1.807) is 18.3 Å². The Morgan fingerprint density at radius 1 is 1.45 bits per heavy atom. The molecule has 0 spiro atoms. The first-order valence-electron chi connectivity index (χ1n) is 3.06. The van der Waals surface area contributed by atoms with Gasteiger partial charge >= 0.3 is 0 Å². The van der Waals surface area contributed by atoms with Gasteiger partial charge in [-0.1, -0.05) is 0 Å². The number of oxazole rings is 1. The van der Waals surface area contributed by atoms with Crippen LogP contribution in [-0.4, -0.2) is 15.2 Å². The summed E-state index contributed by atoms with van der Waals surface area (Å²) in [6, 6.07) is 3.39. The van der Waals surface area contributed by atoms with Crippen LogP contribution in [0.4, 0.5) is 0 Å². The summed E-state index contributed by atoms with van der Waals surface area (Å²) >= 11 is 0. The summed E-state index contributed by atoms with van der Waals surface area (Å²) in [5, 5.41) is 7.33. The quantitative estimate of drug-likeness (QED) is 0.600. The van der Waals surface area contributed by atoms with Gasteiger partial charge in [0.25, 0.3) is 0 Å². The Kier molecular flexibility index (Phi) is 1.37. The van der Waals surface area contributed by atoms with Crippen LogP contribution in [0.25, 0.3) is 11.6 Å². The van der Waals surface area contributed by atoms with Gasteiger partial charge in [0.15, 0.2) is 0 Å². The van der Waals surface area contributed by atoms with Gasteiger partial charge in [-0.05, 0) is 12.1 Å². The van der Waals surface area contributed by atoms with Crippen LogP contribution in [0.2, 0.25) is 0 Å². The zero-order valence-electron chi connectivity index (χ0n) is 5.56. The summed E-state index contributed by atoms with van der Waals surface area (Å²) < 4.78 is 4.99. The highest BCUT2D eigenvalue weighted by atomic mass is 16.3. The Morgan fingerprint density at radius 3 is 3.09 bits per heavy atom. The fourth-order valence-electron chi connectivity index (χ4n) is 0.730. The first-order valence-corrected chi connectivity index (χ1v) is 3.06. The first kappa shape index (κ1) is 6.03. The van der Waals surface area contributed by atoms with E-state index in [0.29, 0.717) is 11.6 Å². The Labute approximate surface area is 62.9 Å². The fourth-order valence-corrected chi connectivity index (χ4v) is 0.730. The van der Waals surface area contributed by atoms with Gasteiger partial charge in [-0.2, -0.15) is 0 Å². The Balaban J connectivity index is 2.46. The topological polar surface area (TPSA) is 51.8 Å². The van der Waals surface area contributed by atoms with Crippen LogP contribution >= 0.6 is 0 Å². The zero-order chi connectivity index (χ0) is 7.52. The third kappa shape index (κ3) is 1.10. The second-order valence-electron chi connectivity index (χ2n) is 1.88. The minimum absolute atomic E-state index is 0.478. The fraction of sp³-hybridized carbons (Fsp3) is 0. The maximum absolute atomic E-state index is 4.99. The number of hydrogen-bond acceptors (Lipinski definition) is 4. The molecule has 0 aromatic carbocycles. The lowest BCUT2D eigenvalue weighted by Gasteiger charge is -1.88. The molecule has 2 rings (SSSR count). The molecule has 0 bridgehead atoms. The van der Waals surface area contributed by atoms with Crippen LogP contribution in [0.3, 0.4) is 0 Å². The van der Waals surface area contributed by atoms with Crippen LogP contribution in [0.1, 0.15) is 0 Å². The summed E-state index contributed by atoms with van der Waals surface area (Å²) in [4.78, 5) is 3.90. The van der Waals surface area contributed by atoms with Gasteiger partial charge in [0, 0.05) is 0 Å². The van der Waals surface area contributed by atoms with E-state index in [1.807, 2.05) is 0 Å². The van der Waals surface area contributed by atoms with Crippen molar-refractivity contribution in [3.63, 3.8) is 0 Å².